The smallest absolute Gasteiger partial charge is 0.322 e. The van der Waals surface area contributed by atoms with Crippen LogP contribution in [0, 0.1) is 17.8 Å². The molecule has 1 atom stereocenters. The quantitative estimate of drug-likeness (QED) is 0.319. The molecule has 3 saturated heterocycles. The summed E-state index contributed by atoms with van der Waals surface area (Å²) in [5.74, 6) is 0.618. The molecule has 2 aromatic carbocycles. The molecule has 3 aromatic rings. The third kappa shape index (κ3) is 8.21. The van der Waals surface area contributed by atoms with Gasteiger partial charge in [0.05, 0.1) is 31.3 Å². The predicted octanol–water partition coefficient (Wildman–Crippen LogP) is 4.32. The second-order valence-electron chi connectivity index (χ2n) is 14.9. The van der Waals surface area contributed by atoms with E-state index in [0.29, 0.717) is 57.5 Å². The fraction of sp³-hybridized carbons (Fsp3) is 0.564. The molecule has 272 valence electrons. The lowest BCUT2D eigenvalue weighted by Gasteiger charge is -2.41. The van der Waals surface area contributed by atoms with Gasteiger partial charge in [-0.1, -0.05) is 24.3 Å². The van der Waals surface area contributed by atoms with Gasteiger partial charge >= 0.3 is 12.0 Å². The number of esters is 1. The van der Waals surface area contributed by atoms with Crippen molar-refractivity contribution in [1.29, 1.82) is 0 Å². The van der Waals surface area contributed by atoms with Crippen molar-refractivity contribution < 1.29 is 23.9 Å². The molecule has 4 amide bonds. The highest BCUT2D eigenvalue weighted by Gasteiger charge is 2.36. The summed E-state index contributed by atoms with van der Waals surface area (Å²) >= 11 is 0. The number of H-pyrrole nitrogens is 1. The van der Waals surface area contributed by atoms with Gasteiger partial charge < -0.3 is 24.8 Å². The minimum atomic E-state index is -0.451. The lowest BCUT2D eigenvalue weighted by Crippen LogP contribution is -2.50. The molecule has 7 rings (SSSR count). The van der Waals surface area contributed by atoms with Crippen LogP contribution in [0.15, 0.2) is 48.7 Å². The number of nitrogens with one attached hydrogen (secondary N) is 2. The fourth-order valence-corrected chi connectivity index (χ4v) is 8.83. The molecular formula is C39H51N7O5. The van der Waals surface area contributed by atoms with E-state index in [-0.39, 0.29) is 36.3 Å². The molecule has 12 heteroatoms. The summed E-state index contributed by atoms with van der Waals surface area (Å²) in [5, 5.41) is 11.2. The van der Waals surface area contributed by atoms with Crippen molar-refractivity contribution in [3.8, 4) is 0 Å². The number of urea groups is 1. The van der Waals surface area contributed by atoms with Crippen molar-refractivity contribution >= 4 is 40.4 Å². The predicted molar refractivity (Wildman–Crippen MR) is 194 cm³/mol. The molecule has 1 unspecified atom stereocenters. The van der Waals surface area contributed by atoms with Crippen LogP contribution < -0.4 is 5.32 Å². The molecule has 3 fully saturated rings. The van der Waals surface area contributed by atoms with Gasteiger partial charge in [0.1, 0.15) is 0 Å². The molecule has 4 aliphatic heterocycles. The number of benzene rings is 2. The van der Waals surface area contributed by atoms with Gasteiger partial charge in [-0.3, -0.25) is 24.4 Å². The first-order valence-electron chi connectivity index (χ1n) is 18.8. The van der Waals surface area contributed by atoms with Gasteiger partial charge in [0.25, 0.3) is 0 Å². The number of methoxy groups -OCH3 is 1. The zero-order valence-electron chi connectivity index (χ0n) is 29.7. The minimum Gasteiger partial charge on any atom is -0.468 e. The highest BCUT2D eigenvalue weighted by Crippen LogP contribution is 2.34. The zero-order valence-corrected chi connectivity index (χ0v) is 29.7. The van der Waals surface area contributed by atoms with Crippen molar-refractivity contribution in [2.75, 3.05) is 64.8 Å². The Kier molecular flexibility index (Phi) is 10.9. The zero-order chi connectivity index (χ0) is 35.3. The fourth-order valence-electron chi connectivity index (χ4n) is 8.83. The summed E-state index contributed by atoms with van der Waals surface area (Å²) in [6, 6.07) is 14.0. The van der Waals surface area contributed by atoms with Gasteiger partial charge in [-0.15, -0.1) is 0 Å². The number of likely N-dealkylation sites (tertiary alicyclic amines) is 3. The molecule has 0 aliphatic carbocycles. The van der Waals surface area contributed by atoms with E-state index in [4.69, 9.17) is 4.74 Å². The molecule has 51 heavy (non-hydrogen) atoms. The van der Waals surface area contributed by atoms with Crippen LogP contribution >= 0.6 is 0 Å². The number of hydrogen-bond acceptors (Lipinski definition) is 7. The topological polar surface area (TPSA) is 131 Å². The summed E-state index contributed by atoms with van der Waals surface area (Å²) in [7, 11) is 1.43. The maximum Gasteiger partial charge on any atom is 0.322 e. The average Bonchev–Trinajstić information content (AvgIpc) is 3.56. The first-order valence-corrected chi connectivity index (χ1v) is 18.8. The van der Waals surface area contributed by atoms with E-state index in [1.165, 1.54) is 7.11 Å². The van der Waals surface area contributed by atoms with Gasteiger partial charge in [0.15, 0.2) is 0 Å². The summed E-state index contributed by atoms with van der Waals surface area (Å²) in [6.45, 7) is 5.39. The average molecular weight is 698 g/mol. The Balaban J connectivity index is 0.955. The first-order chi connectivity index (χ1) is 24.8. The van der Waals surface area contributed by atoms with Crippen LogP contribution in [0.5, 0.6) is 0 Å². The monoisotopic (exact) mass is 697 g/mol. The Morgan fingerprint density at radius 1 is 0.882 bits per heavy atom. The van der Waals surface area contributed by atoms with Crippen LogP contribution in [0.4, 0.5) is 10.5 Å². The van der Waals surface area contributed by atoms with Crippen molar-refractivity contribution in [3.63, 3.8) is 0 Å². The lowest BCUT2D eigenvalue weighted by atomic mass is 9.78. The highest BCUT2D eigenvalue weighted by molar-refractivity contribution is 5.91. The second kappa shape index (κ2) is 15.8. The molecule has 2 N–H and O–H groups in total. The van der Waals surface area contributed by atoms with E-state index in [0.717, 1.165) is 85.8 Å². The van der Waals surface area contributed by atoms with Gasteiger partial charge in [-0.2, -0.15) is 5.10 Å². The number of fused-ring (bicyclic) bond motifs is 2. The number of hydrogen-bond donors (Lipinski definition) is 2. The molecule has 0 bridgehead atoms. The summed E-state index contributed by atoms with van der Waals surface area (Å²) in [4.78, 5) is 61.0. The number of rotatable bonds is 9. The Morgan fingerprint density at radius 2 is 1.59 bits per heavy atom. The SMILES string of the molecule is COC(=O)CN1CCC(C2CCN(C(=O)C(CC(=O)N3CCC(N4CCc5ccccc5NC4=O)CC3)Cc3ccc4[nH]ncc4c3)CC2)CC1. The summed E-state index contributed by atoms with van der Waals surface area (Å²) < 4.78 is 4.84. The molecule has 0 saturated carbocycles. The van der Waals surface area contributed by atoms with E-state index in [1.807, 2.05) is 45.0 Å². The van der Waals surface area contributed by atoms with Crippen molar-refractivity contribution in [2.24, 2.45) is 17.8 Å². The van der Waals surface area contributed by atoms with Crippen LogP contribution in [0.25, 0.3) is 10.9 Å². The third-order valence-corrected chi connectivity index (χ3v) is 11.9. The van der Waals surface area contributed by atoms with E-state index < -0.39 is 5.92 Å². The number of aromatic amines is 1. The first kappa shape index (κ1) is 35.0. The normalized spacial score (nSPS) is 20.5. The number of piperidine rings is 3. The van der Waals surface area contributed by atoms with Crippen molar-refractivity contribution in [3.05, 3.63) is 59.8 Å². The van der Waals surface area contributed by atoms with Crippen LogP contribution in [0.3, 0.4) is 0 Å². The molecule has 12 nitrogen and oxygen atoms in total. The standard InChI is InChI=1S/C39H51N7O5/c1-51-37(48)26-43-15-8-28(9-16-43)29-10-17-45(18-11-29)38(49)31(22-27-6-7-35-32(23-27)25-40-42-35)24-36(47)44-19-13-33(14-20-44)46-21-12-30-4-2-3-5-34(30)41-39(46)50/h2-7,23,25,28-29,31,33H,8-22,24,26H2,1H3,(H,40,42)(H,41,50). The number of nitrogens with zero attached hydrogens (tertiary/aromatic N) is 5. The number of ether oxygens (including phenoxy) is 1. The molecule has 5 heterocycles. The van der Waals surface area contributed by atoms with Gasteiger partial charge in [-0.25, -0.2) is 4.79 Å². The number of anilines is 1. The summed E-state index contributed by atoms with van der Waals surface area (Å²) in [5.41, 5.74) is 3.99. The maximum atomic E-state index is 14.2. The Labute approximate surface area is 299 Å². The maximum absolute atomic E-state index is 14.2. The number of para-hydroxylation sites is 1. The van der Waals surface area contributed by atoms with Crippen LogP contribution in [-0.2, 0) is 32.0 Å². The number of carbonyl (C=O) groups excluding carboxylic acids is 4. The molecule has 0 radical (unpaired) electrons. The van der Waals surface area contributed by atoms with Crippen LogP contribution in [0.1, 0.15) is 56.1 Å². The van der Waals surface area contributed by atoms with Crippen LogP contribution in [0.2, 0.25) is 0 Å². The molecule has 1 aromatic heterocycles. The Bertz CT molecular complexity index is 1700. The van der Waals surface area contributed by atoms with Crippen molar-refractivity contribution in [2.45, 2.75) is 63.8 Å². The van der Waals surface area contributed by atoms with Gasteiger partial charge in [0, 0.05) is 56.3 Å². The Hall–Kier alpha value is -4.45. The number of carbonyl (C=O) groups is 4. The van der Waals surface area contributed by atoms with Gasteiger partial charge in [-0.05, 0) is 106 Å². The molecule has 4 aliphatic rings. The molecular weight excluding hydrogens is 646 g/mol. The minimum absolute atomic E-state index is 0.0116. The van der Waals surface area contributed by atoms with E-state index in [9.17, 15) is 19.2 Å². The van der Waals surface area contributed by atoms with Crippen LogP contribution in [-0.4, -0.2) is 119 Å². The molecule has 0 spiro atoms. The van der Waals surface area contributed by atoms with Crippen molar-refractivity contribution in [1.82, 2.24) is 29.8 Å². The number of aromatic nitrogens is 2. The van der Waals surface area contributed by atoms with E-state index in [2.05, 4.69) is 32.5 Å². The Morgan fingerprint density at radius 3 is 2.33 bits per heavy atom. The summed E-state index contributed by atoms with van der Waals surface area (Å²) in [6.07, 6.45) is 8.78. The van der Waals surface area contributed by atoms with E-state index in [1.54, 1.807) is 6.20 Å². The third-order valence-electron chi connectivity index (χ3n) is 11.9. The highest BCUT2D eigenvalue weighted by atomic mass is 16.5. The van der Waals surface area contributed by atoms with E-state index >= 15 is 0 Å². The van der Waals surface area contributed by atoms with Gasteiger partial charge in [0.2, 0.25) is 11.8 Å². The second-order valence-corrected chi connectivity index (χ2v) is 14.9. The number of amides is 4. The largest absolute Gasteiger partial charge is 0.468 e. The lowest BCUT2D eigenvalue weighted by molar-refractivity contribution is -0.143.